The van der Waals surface area contributed by atoms with E-state index in [1.54, 1.807) is 0 Å². The minimum atomic E-state index is -1.28. The van der Waals surface area contributed by atoms with E-state index in [0.29, 0.717) is 49.0 Å². The molecule has 0 aromatic rings. The van der Waals surface area contributed by atoms with E-state index < -0.39 is 39.8 Å². The van der Waals surface area contributed by atoms with Gasteiger partial charge in [0.2, 0.25) is 0 Å². The monoisotopic (exact) mass is 752 g/mol. The lowest BCUT2D eigenvalue weighted by atomic mass is 9.32. The van der Waals surface area contributed by atoms with Crippen LogP contribution in [0.25, 0.3) is 0 Å². The Morgan fingerprint density at radius 2 is 1.85 bits per heavy atom. The second-order valence-electron chi connectivity index (χ2n) is 22.1. The molecular weight excluding hydrogens is 681 g/mol. The van der Waals surface area contributed by atoms with Gasteiger partial charge >= 0.3 is 0 Å². The van der Waals surface area contributed by atoms with Crippen LogP contribution in [0.15, 0.2) is 11.1 Å². The van der Waals surface area contributed by atoms with Gasteiger partial charge in [-0.1, -0.05) is 33.6 Å². The Balaban J connectivity index is 1.02. The third-order valence-corrected chi connectivity index (χ3v) is 19.7. The molecule has 302 valence electrons. The Kier molecular flexibility index (Phi) is 8.52. The molecule has 2 bridgehead atoms. The SMILES string of the molecule is CC1CCOC(C2OC2C(C)(O)C(C)(CO)CCC2CC[NH2+]C(N)C2)(C2CC3CCC4=C5C6C(CC7CCCC68C(CC(O)CC78)C4=O)CC2(C)C53O)C1. The van der Waals surface area contributed by atoms with Crippen LogP contribution in [0.4, 0.5) is 0 Å². The number of epoxide rings is 1. The molecule has 10 rings (SSSR count). The first-order valence-corrected chi connectivity index (χ1v) is 22.5. The van der Waals surface area contributed by atoms with E-state index in [1.807, 2.05) is 13.8 Å². The van der Waals surface area contributed by atoms with E-state index >= 15 is 0 Å². The molecule has 8 N–H and O–H groups in total. The Bertz CT molecular complexity index is 1580. The third-order valence-electron chi connectivity index (χ3n) is 19.7. The van der Waals surface area contributed by atoms with Gasteiger partial charge in [-0.15, -0.1) is 0 Å². The number of aliphatic hydroxyl groups excluding tert-OH is 2. The fourth-order valence-corrected chi connectivity index (χ4v) is 17.1. The molecule has 9 nitrogen and oxygen atoms in total. The van der Waals surface area contributed by atoms with Gasteiger partial charge in [-0.2, -0.15) is 0 Å². The first-order valence-electron chi connectivity index (χ1n) is 22.5. The Morgan fingerprint density at radius 3 is 2.61 bits per heavy atom. The number of ketones is 1. The van der Waals surface area contributed by atoms with Crippen molar-refractivity contribution in [1.82, 2.24) is 0 Å². The lowest BCUT2D eigenvalue weighted by Crippen LogP contribution is -2.94. The fourth-order valence-electron chi connectivity index (χ4n) is 17.1. The number of carbonyl (C=O) groups is 1. The lowest BCUT2D eigenvalue weighted by molar-refractivity contribution is -0.699. The van der Waals surface area contributed by atoms with Gasteiger partial charge in [0.1, 0.15) is 24.0 Å². The molecule has 19 atom stereocenters. The largest absolute Gasteiger partial charge is 0.396 e. The summed E-state index contributed by atoms with van der Waals surface area (Å²) in [6.45, 7) is 10.2. The molecule has 9 heteroatoms. The van der Waals surface area contributed by atoms with Gasteiger partial charge in [0.05, 0.1) is 30.5 Å². The molecule has 8 fully saturated rings. The van der Waals surface area contributed by atoms with Crippen molar-refractivity contribution in [2.24, 2.45) is 75.2 Å². The van der Waals surface area contributed by atoms with Crippen LogP contribution in [-0.4, -0.2) is 87.2 Å². The van der Waals surface area contributed by atoms with Gasteiger partial charge in [-0.05, 0) is 154 Å². The highest BCUT2D eigenvalue weighted by Crippen LogP contribution is 2.80. The van der Waals surface area contributed by atoms with Crippen molar-refractivity contribution in [2.45, 2.75) is 172 Å². The maximum atomic E-state index is 14.9. The zero-order valence-corrected chi connectivity index (χ0v) is 33.6. The molecule has 54 heavy (non-hydrogen) atoms. The van der Waals surface area contributed by atoms with Crippen LogP contribution in [0.5, 0.6) is 0 Å². The van der Waals surface area contributed by atoms with Crippen LogP contribution >= 0.6 is 0 Å². The van der Waals surface area contributed by atoms with Gasteiger partial charge < -0.3 is 35.2 Å². The maximum absolute atomic E-state index is 14.9. The molecule has 0 aromatic heterocycles. The van der Waals surface area contributed by atoms with Crippen LogP contribution in [0.2, 0.25) is 0 Å². The highest BCUT2D eigenvalue weighted by atomic mass is 16.6. The molecule has 10 aliphatic rings. The average Bonchev–Trinajstić information content (AvgIpc) is 3.91. The molecular formula is C45H71N2O7+. The summed E-state index contributed by atoms with van der Waals surface area (Å²) in [5, 5.41) is 50.9. The smallest absolute Gasteiger partial charge is 0.162 e. The predicted molar refractivity (Wildman–Crippen MR) is 202 cm³/mol. The lowest BCUT2D eigenvalue weighted by Gasteiger charge is -2.72. The first-order chi connectivity index (χ1) is 25.6. The highest BCUT2D eigenvalue weighted by Gasteiger charge is 2.80. The van der Waals surface area contributed by atoms with Gasteiger partial charge in [0.15, 0.2) is 5.78 Å². The van der Waals surface area contributed by atoms with Gasteiger partial charge in [0.25, 0.3) is 0 Å². The topological polar surface area (TPSA) is 162 Å². The second-order valence-corrected chi connectivity index (χ2v) is 22.1. The average molecular weight is 752 g/mol. The Labute approximate surface area is 323 Å². The molecule has 0 aromatic carbocycles. The number of carbonyl (C=O) groups excluding carboxylic acids is 1. The number of hydrogen-bond acceptors (Lipinski definition) is 8. The Morgan fingerprint density at radius 1 is 1.04 bits per heavy atom. The molecule has 7 aliphatic carbocycles. The molecule has 0 radical (unpaired) electrons. The molecule has 19 unspecified atom stereocenters. The summed E-state index contributed by atoms with van der Waals surface area (Å²) >= 11 is 0. The number of ether oxygens (including phenoxy) is 2. The van der Waals surface area contributed by atoms with Gasteiger partial charge in [-0.3, -0.25) is 10.5 Å². The molecule has 0 amide bonds. The number of rotatable bonds is 8. The third kappa shape index (κ3) is 4.70. The van der Waals surface area contributed by atoms with Crippen molar-refractivity contribution in [3.63, 3.8) is 0 Å². The van der Waals surface area contributed by atoms with Crippen molar-refractivity contribution < 1.29 is 40.0 Å². The van der Waals surface area contributed by atoms with Crippen molar-refractivity contribution in [3.05, 3.63) is 11.1 Å². The summed E-state index contributed by atoms with van der Waals surface area (Å²) < 4.78 is 14.0. The van der Waals surface area contributed by atoms with Crippen molar-refractivity contribution in [1.29, 1.82) is 0 Å². The summed E-state index contributed by atoms with van der Waals surface area (Å²) in [7, 11) is 0. The van der Waals surface area contributed by atoms with Crippen LogP contribution in [0.3, 0.4) is 0 Å². The number of nitrogens with two attached hydrogens (primary N) is 2. The standard InChI is InChI=1S/C45H70N2O7/c1-24-11-15-53-44(21-24,39-38(54-39)42(4,51)40(2,23-48)13-9-25-10-14-47-34(46)16-25)33-18-28-7-8-30-36-35-27(22-41(33,3)45(28,36)52)17-26-6-5-12-43(35)31(26)19-29(49)20-32(43)37(30)50/h24-29,31-35,38-39,47-49,51-52H,5-23,46H2,1-4H3/p+1. The number of Topliss-reactive ketones (excluding diaryl/α,β-unsaturated/α-hetero) is 1. The van der Waals surface area contributed by atoms with Crippen LogP contribution in [0.1, 0.15) is 130 Å². The van der Waals surface area contributed by atoms with Crippen molar-refractivity contribution >= 4 is 5.78 Å². The van der Waals surface area contributed by atoms with E-state index in [0.717, 1.165) is 101 Å². The molecule has 3 aliphatic heterocycles. The minimum absolute atomic E-state index is 0.0118. The first kappa shape index (κ1) is 37.4. The summed E-state index contributed by atoms with van der Waals surface area (Å²) in [5.41, 5.74) is 3.97. The number of allylic oxidation sites excluding steroid dienone is 1. The highest BCUT2D eigenvalue weighted by molar-refractivity contribution is 6.00. The van der Waals surface area contributed by atoms with Crippen molar-refractivity contribution in [2.75, 3.05) is 19.8 Å². The molecule has 3 heterocycles. The normalized spacial score (nSPS) is 55.4. The van der Waals surface area contributed by atoms with E-state index in [1.165, 1.54) is 6.42 Å². The summed E-state index contributed by atoms with van der Waals surface area (Å²) in [6.07, 6.45) is 13.7. The molecule has 3 saturated heterocycles. The van der Waals surface area contributed by atoms with Crippen LogP contribution in [0, 0.1) is 69.5 Å². The number of hydrogen-bond donors (Lipinski definition) is 6. The molecule has 5 saturated carbocycles. The predicted octanol–water partition coefficient (Wildman–Crippen LogP) is 3.99. The summed E-state index contributed by atoms with van der Waals surface area (Å²) in [6, 6.07) is 0. The number of piperidine rings is 1. The minimum Gasteiger partial charge on any atom is -0.396 e. The fraction of sp³-hybridized carbons (Fsp3) is 0.933. The van der Waals surface area contributed by atoms with Crippen LogP contribution < -0.4 is 11.1 Å². The number of aliphatic hydroxyl groups is 4. The summed E-state index contributed by atoms with van der Waals surface area (Å²) in [4.78, 5) is 14.9. The number of quaternary nitrogens is 1. The van der Waals surface area contributed by atoms with Gasteiger partial charge in [-0.25, -0.2) is 0 Å². The second kappa shape index (κ2) is 12.3. The molecule has 1 spiro atoms. The van der Waals surface area contributed by atoms with E-state index in [2.05, 4.69) is 19.2 Å². The summed E-state index contributed by atoms with van der Waals surface area (Å²) in [5.74, 6) is 2.68. The van der Waals surface area contributed by atoms with Crippen LogP contribution in [-0.2, 0) is 14.3 Å². The zero-order chi connectivity index (χ0) is 37.8. The zero-order valence-electron chi connectivity index (χ0n) is 33.6. The maximum Gasteiger partial charge on any atom is 0.162 e. The van der Waals surface area contributed by atoms with E-state index in [-0.39, 0.29) is 53.7 Å². The van der Waals surface area contributed by atoms with Crippen molar-refractivity contribution in [3.8, 4) is 0 Å². The van der Waals surface area contributed by atoms with E-state index in [4.69, 9.17) is 15.2 Å². The quantitative estimate of drug-likeness (QED) is 0.203. The van der Waals surface area contributed by atoms with Gasteiger partial charge in [0, 0.05) is 29.8 Å². The Hall–Kier alpha value is -0.910. The van der Waals surface area contributed by atoms with E-state index in [9.17, 15) is 25.2 Å².